The maximum absolute atomic E-state index is 13.2. The van der Waals surface area contributed by atoms with Crippen molar-refractivity contribution in [2.45, 2.75) is 25.7 Å². The normalized spacial score (nSPS) is 15.2. The first kappa shape index (κ1) is 22.1. The first-order valence-corrected chi connectivity index (χ1v) is 11.2. The molecule has 2 aromatic carbocycles. The van der Waals surface area contributed by atoms with Crippen molar-refractivity contribution in [3.8, 4) is 11.5 Å². The average Bonchev–Trinajstić information content (AvgIpc) is 2.71. The minimum absolute atomic E-state index is 0.186. The van der Waals surface area contributed by atoms with Crippen molar-refractivity contribution in [1.29, 1.82) is 0 Å². The lowest BCUT2D eigenvalue weighted by atomic mass is 10.1. The monoisotopic (exact) mass is 432 g/mol. The number of nitrogens with zero attached hydrogens (tertiary/aromatic N) is 2. The Bertz CT molecular complexity index is 1030. The Morgan fingerprint density at radius 1 is 0.900 bits per heavy atom. The molecule has 0 bridgehead atoms. The summed E-state index contributed by atoms with van der Waals surface area (Å²) in [6.07, 6.45) is 0. The summed E-state index contributed by atoms with van der Waals surface area (Å²) in [4.78, 5) is 15.0. The average molecular weight is 433 g/mol. The number of hydrogen-bond donors (Lipinski definition) is 0. The quantitative estimate of drug-likeness (QED) is 0.726. The number of carbonyl (C=O) groups is 1. The SMILES string of the molecule is COc1ccc(C(=O)N2CCN(S(=O)(=O)c3c(C)cc(C)cc3C)CC2)c(OC)c1. The van der Waals surface area contributed by atoms with E-state index in [1.807, 2.05) is 32.9 Å². The van der Waals surface area contributed by atoms with Gasteiger partial charge in [-0.25, -0.2) is 8.42 Å². The number of ether oxygens (including phenoxy) is 2. The number of aryl methyl sites for hydroxylation is 3. The van der Waals surface area contributed by atoms with Crippen molar-refractivity contribution in [1.82, 2.24) is 9.21 Å². The summed E-state index contributed by atoms with van der Waals surface area (Å²) in [6, 6.07) is 8.81. The van der Waals surface area contributed by atoms with Crippen LogP contribution in [0.3, 0.4) is 0 Å². The Kier molecular flexibility index (Phi) is 6.38. The molecule has 0 atom stereocenters. The van der Waals surface area contributed by atoms with Gasteiger partial charge in [-0.3, -0.25) is 4.79 Å². The summed E-state index contributed by atoms with van der Waals surface area (Å²) < 4.78 is 38.5. The van der Waals surface area contributed by atoms with Crippen LogP contribution in [-0.4, -0.2) is 63.9 Å². The molecule has 1 heterocycles. The Hall–Kier alpha value is -2.58. The van der Waals surface area contributed by atoms with Gasteiger partial charge in [-0.05, 0) is 44.0 Å². The summed E-state index contributed by atoms with van der Waals surface area (Å²) in [5.74, 6) is 0.845. The van der Waals surface area contributed by atoms with Crippen LogP contribution in [0.15, 0.2) is 35.2 Å². The Labute approximate surface area is 178 Å². The molecular weight excluding hydrogens is 404 g/mol. The molecule has 1 amide bonds. The van der Waals surface area contributed by atoms with E-state index in [4.69, 9.17) is 9.47 Å². The molecule has 0 radical (unpaired) electrons. The number of sulfonamides is 1. The van der Waals surface area contributed by atoms with Crippen LogP contribution < -0.4 is 9.47 Å². The fourth-order valence-corrected chi connectivity index (χ4v) is 5.81. The van der Waals surface area contributed by atoms with Gasteiger partial charge in [-0.15, -0.1) is 0 Å². The number of hydrogen-bond acceptors (Lipinski definition) is 5. The second kappa shape index (κ2) is 8.65. The van der Waals surface area contributed by atoms with Gasteiger partial charge in [0.05, 0.1) is 24.7 Å². The largest absolute Gasteiger partial charge is 0.497 e. The van der Waals surface area contributed by atoms with Gasteiger partial charge >= 0.3 is 0 Å². The van der Waals surface area contributed by atoms with E-state index in [1.165, 1.54) is 11.4 Å². The third kappa shape index (κ3) is 4.15. The highest BCUT2D eigenvalue weighted by molar-refractivity contribution is 7.89. The highest BCUT2D eigenvalue weighted by Gasteiger charge is 2.33. The molecule has 1 aliphatic rings. The van der Waals surface area contributed by atoms with Crippen LogP contribution >= 0.6 is 0 Å². The topological polar surface area (TPSA) is 76.2 Å². The molecule has 0 saturated carbocycles. The number of methoxy groups -OCH3 is 2. The van der Waals surface area contributed by atoms with E-state index in [1.54, 1.807) is 30.2 Å². The first-order chi connectivity index (χ1) is 14.2. The second-order valence-electron chi connectivity index (χ2n) is 7.49. The third-order valence-electron chi connectivity index (χ3n) is 5.37. The molecule has 3 rings (SSSR count). The zero-order valence-corrected chi connectivity index (χ0v) is 18.9. The molecule has 0 aromatic heterocycles. The molecule has 8 heteroatoms. The van der Waals surface area contributed by atoms with Gasteiger partial charge in [0.2, 0.25) is 10.0 Å². The van der Waals surface area contributed by atoms with E-state index in [0.717, 1.165) is 16.7 Å². The molecule has 1 saturated heterocycles. The highest BCUT2D eigenvalue weighted by Crippen LogP contribution is 2.28. The minimum Gasteiger partial charge on any atom is -0.497 e. The van der Waals surface area contributed by atoms with Gasteiger partial charge in [0.25, 0.3) is 5.91 Å². The fourth-order valence-electron chi connectivity index (χ4n) is 3.98. The van der Waals surface area contributed by atoms with Gasteiger partial charge in [0.1, 0.15) is 11.5 Å². The molecule has 1 aliphatic heterocycles. The Balaban J connectivity index is 1.77. The van der Waals surface area contributed by atoms with Crippen LogP contribution in [0.4, 0.5) is 0 Å². The zero-order valence-electron chi connectivity index (χ0n) is 18.1. The summed E-state index contributed by atoms with van der Waals surface area (Å²) in [5.41, 5.74) is 2.95. The summed E-state index contributed by atoms with van der Waals surface area (Å²) in [6.45, 7) is 6.73. The second-order valence-corrected chi connectivity index (χ2v) is 9.37. The van der Waals surface area contributed by atoms with E-state index in [9.17, 15) is 13.2 Å². The van der Waals surface area contributed by atoms with E-state index in [2.05, 4.69) is 0 Å². The molecule has 7 nitrogen and oxygen atoms in total. The van der Waals surface area contributed by atoms with Gasteiger partial charge in [-0.1, -0.05) is 17.7 Å². The minimum atomic E-state index is -3.62. The summed E-state index contributed by atoms with van der Waals surface area (Å²) in [7, 11) is -0.570. The maximum atomic E-state index is 13.2. The van der Waals surface area contributed by atoms with Crippen LogP contribution in [0.1, 0.15) is 27.0 Å². The Morgan fingerprint density at radius 2 is 1.50 bits per heavy atom. The molecule has 0 N–H and O–H groups in total. The molecule has 0 unspecified atom stereocenters. The van der Waals surface area contributed by atoms with E-state index in [-0.39, 0.29) is 19.0 Å². The molecule has 162 valence electrons. The first-order valence-electron chi connectivity index (χ1n) is 9.78. The number of piperazine rings is 1. The number of carbonyl (C=O) groups excluding carboxylic acids is 1. The predicted molar refractivity (Wildman–Crippen MR) is 115 cm³/mol. The van der Waals surface area contributed by atoms with Gasteiger partial charge < -0.3 is 14.4 Å². The van der Waals surface area contributed by atoms with Crippen LogP contribution in [0.2, 0.25) is 0 Å². The van der Waals surface area contributed by atoms with Crippen molar-refractivity contribution in [3.05, 3.63) is 52.6 Å². The van der Waals surface area contributed by atoms with Crippen molar-refractivity contribution < 1.29 is 22.7 Å². The van der Waals surface area contributed by atoms with E-state index in [0.29, 0.717) is 35.0 Å². The van der Waals surface area contributed by atoms with Crippen molar-refractivity contribution >= 4 is 15.9 Å². The Morgan fingerprint density at radius 3 is 2.03 bits per heavy atom. The van der Waals surface area contributed by atoms with E-state index < -0.39 is 10.0 Å². The van der Waals surface area contributed by atoms with E-state index >= 15 is 0 Å². The number of amides is 1. The molecular formula is C22H28N2O5S. The van der Waals surface area contributed by atoms with Gasteiger partial charge in [-0.2, -0.15) is 4.31 Å². The molecule has 0 spiro atoms. The van der Waals surface area contributed by atoms with Crippen LogP contribution in [0.5, 0.6) is 11.5 Å². The lowest BCUT2D eigenvalue weighted by Crippen LogP contribution is -2.50. The zero-order chi connectivity index (χ0) is 22.1. The van der Waals surface area contributed by atoms with Gasteiger partial charge in [0.15, 0.2) is 0 Å². The lowest BCUT2D eigenvalue weighted by molar-refractivity contribution is 0.0694. The molecule has 1 fully saturated rings. The number of rotatable bonds is 5. The smallest absolute Gasteiger partial charge is 0.257 e. The predicted octanol–water partition coefficient (Wildman–Crippen LogP) is 2.78. The summed E-state index contributed by atoms with van der Waals surface area (Å²) >= 11 is 0. The highest BCUT2D eigenvalue weighted by atomic mass is 32.2. The molecule has 2 aromatic rings. The lowest BCUT2D eigenvalue weighted by Gasteiger charge is -2.34. The standard InChI is InChI=1S/C22H28N2O5S/c1-15-12-16(2)21(17(3)13-15)30(26,27)24-10-8-23(9-11-24)22(25)19-7-6-18(28-4)14-20(19)29-5/h6-7,12-14H,8-11H2,1-5H3. The van der Waals surface area contributed by atoms with Crippen molar-refractivity contribution in [2.75, 3.05) is 40.4 Å². The maximum Gasteiger partial charge on any atom is 0.257 e. The third-order valence-corrected chi connectivity index (χ3v) is 7.57. The van der Waals surface area contributed by atoms with Crippen LogP contribution in [0, 0.1) is 20.8 Å². The molecule has 0 aliphatic carbocycles. The fraction of sp³-hybridized carbons (Fsp3) is 0.409. The van der Waals surface area contributed by atoms with Crippen LogP contribution in [-0.2, 0) is 10.0 Å². The van der Waals surface area contributed by atoms with Gasteiger partial charge in [0, 0.05) is 32.2 Å². The van der Waals surface area contributed by atoms with Crippen molar-refractivity contribution in [2.24, 2.45) is 0 Å². The summed E-state index contributed by atoms with van der Waals surface area (Å²) in [5, 5.41) is 0. The van der Waals surface area contributed by atoms with Crippen LogP contribution in [0.25, 0.3) is 0 Å². The number of benzene rings is 2. The molecule has 30 heavy (non-hydrogen) atoms. The van der Waals surface area contributed by atoms with Crippen molar-refractivity contribution in [3.63, 3.8) is 0 Å².